The van der Waals surface area contributed by atoms with E-state index in [4.69, 9.17) is 21.3 Å². The van der Waals surface area contributed by atoms with Gasteiger partial charge in [-0.3, -0.25) is 4.99 Å². The second kappa shape index (κ2) is 7.73. The Hall–Kier alpha value is -1.97. The molecule has 1 unspecified atom stereocenters. The minimum Gasteiger partial charge on any atom is -0.381 e. The first-order valence-corrected chi connectivity index (χ1v) is 9.68. The van der Waals surface area contributed by atoms with Gasteiger partial charge in [-0.1, -0.05) is 54.9 Å². The normalized spacial score (nSPS) is 19.5. The lowest BCUT2D eigenvalue weighted by atomic mass is 9.98. The molecule has 4 heteroatoms. The molecular formula is C22H23ClN2O. The summed E-state index contributed by atoms with van der Waals surface area (Å²) in [6.45, 7) is 4.50. The first kappa shape index (κ1) is 17.4. The molecule has 1 atom stereocenters. The molecule has 2 heterocycles. The molecule has 2 aliphatic heterocycles. The van der Waals surface area contributed by atoms with Crippen LogP contribution in [-0.4, -0.2) is 31.3 Å². The summed E-state index contributed by atoms with van der Waals surface area (Å²) in [5, 5.41) is 0.799. The van der Waals surface area contributed by atoms with Gasteiger partial charge < -0.3 is 4.74 Å². The number of amidine groups is 1. The predicted molar refractivity (Wildman–Crippen MR) is 108 cm³/mol. The molecule has 0 saturated carbocycles. The number of aliphatic imine (C=N–C) groups is 2. The average Bonchev–Trinajstić information content (AvgIpc) is 3.35. The quantitative estimate of drug-likeness (QED) is 0.753. The Balaban J connectivity index is 1.50. The topological polar surface area (TPSA) is 34.0 Å². The summed E-state index contributed by atoms with van der Waals surface area (Å²) in [6, 6.07) is 14.8. The summed E-state index contributed by atoms with van der Waals surface area (Å²) >= 11 is 6.53. The largest absolute Gasteiger partial charge is 0.381 e. The second-order valence-electron chi connectivity index (χ2n) is 6.99. The van der Waals surface area contributed by atoms with Gasteiger partial charge in [-0.05, 0) is 47.9 Å². The molecule has 0 N–H and O–H groups in total. The molecule has 26 heavy (non-hydrogen) atoms. The highest BCUT2D eigenvalue weighted by Crippen LogP contribution is 2.26. The molecule has 0 aliphatic carbocycles. The molecule has 134 valence electrons. The molecule has 1 saturated heterocycles. The van der Waals surface area contributed by atoms with E-state index in [1.165, 1.54) is 11.1 Å². The minimum absolute atomic E-state index is 0.581. The maximum atomic E-state index is 6.53. The van der Waals surface area contributed by atoms with E-state index in [2.05, 4.69) is 48.3 Å². The van der Waals surface area contributed by atoms with Gasteiger partial charge >= 0.3 is 0 Å². The summed E-state index contributed by atoms with van der Waals surface area (Å²) in [5.41, 5.74) is 5.67. The summed E-state index contributed by atoms with van der Waals surface area (Å²) in [6.07, 6.45) is 3.14. The molecule has 0 bridgehead atoms. The zero-order valence-electron chi connectivity index (χ0n) is 15.0. The Morgan fingerprint density at radius 2 is 1.92 bits per heavy atom. The van der Waals surface area contributed by atoms with Gasteiger partial charge in [0.2, 0.25) is 0 Å². The van der Waals surface area contributed by atoms with Crippen LogP contribution in [0.3, 0.4) is 0 Å². The van der Waals surface area contributed by atoms with Gasteiger partial charge in [0.25, 0.3) is 0 Å². The maximum Gasteiger partial charge on any atom is 0.155 e. The van der Waals surface area contributed by atoms with E-state index >= 15 is 0 Å². The number of halogens is 1. The monoisotopic (exact) mass is 366 g/mol. The van der Waals surface area contributed by atoms with Gasteiger partial charge in [0.15, 0.2) is 5.84 Å². The van der Waals surface area contributed by atoms with Crippen LogP contribution < -0.4 is 0 Å². The molecule has 1 fully saturated rings. The van der Waals surface area contributed by atoms with E-state index in [-0.39, 0.29) is 0 Å². The van der Waals surface area contributed by atoms with Crippen molar-refractivity contribution in [2.75, 3.05) is 19.8 Å². The Morgan fingerprint density at radius 3 is 2.62 bits per heavy atom. The highest BCUT2D eigenvalue weighted by Gasteiger charge is 2.19. The smallest absolute Gasteiger partial charge is 0.155 e. The zero-order valence-corrected chi connectivity index (χ0v) is 15.8. The lowest BCUT2D eigenvalue weighted by molar-refractivity contribution is 0.186. The number of nitrogens with zero attached hydrogens (tertiary/aromatic N) is 2. The van der Waals surface area contributed by atoms with Crippen LogP contribution in [-0.2, 0) is 17.6 Å². The van der Waals surface area contributed by atoms with E-state index in [0.717, 1.165) is 60.2 Å². The third-order valence-corrected chi connectivity index (χ3v) is 5.51. The number of hydrogen-bond acceptors (Lipinski definition) is 3. The van der Waals surface area contributed by atoms with E-state index < -0.39 is 0 Å². The predicted octanol–water partition coefficient (Wildman–Crippen LogP) is 4.73. The summed E-state index contributed by atoms with van der Waals surface area (Å²) in [4.78, 5) is 9.36. The van der Waals surface area contributed by atoms with Crippen molar-refractivity contribution in [1.29, 1.82) is 0 Å². The van der Waals surface area contributed by atoms with Crippen molar-refractivity contribution < 1.29 is 4.74 Å². The van der Waals surface area contributed by atoms with Crippen molar-refractivity contribution in [2.24, 2.45) is 15.9 Å². The van der Waals surface area contributed by atoms with E-state index in [0.29, 0.717) is 12.5 Å². The van der Waals surface area contributed by atoms with Crippen LogP contribution in [0.2, 0.25) is 5.02 Å². The molecule has 2 aromatic carbocycles. The Bertz CT molecular complexity index is 849. The fourth-order valence-corrected chi connectivity index (χ4v) is 3.76. The number of rotatable bonds is 5. The first-order valence-electron chi connectivity index (χ1n) is 9.31. The Morgan fingerprint density at radius 1 is 1.12 bits per heavy atom. The fourth-order valence-electron chi connectivity index (χ4n) is 3.50. The van der Waals surface area contributed by atoms with Crippen LogP contribution in [0.25, 0.3) is 0 Å². The fraction of sp³-hybridized carbons (Fsp3) is 0.364. The van der Waals surface area contributed by atoms with Crippen molar-refractivity contribution in [3.05, 3.63) is 69.7 Å². The number of ether oxygens (including phenoxy) is 1. The first-order chi connectivity index (χ1) is 12.7. The maximum absolute atomic E-state index is 6.53. The molecule has 0 aromatic heterocycles. The summed E-state index contributed by atoms with van der Waals surface area (Å²) in [5.74, 6) is 1.36. The van der Waals surface area contributed by atoms with Crippen LogP contribution in [0.15, 0.2) is 52.4 Å². The van der Waals surface area contributed by atoms with Crippen LogP contribution in [0.4, 0.5) is 0 Å². The van der Waals surface area contributed by atoms with Crippen molar-refractivity contribution >= 4 is 23.1 Å². The lowest BCUT2D eigenvalue weighted by Crippen LogP contribution is -2.05. The number of hydrogen-bond donors (Lipinski definition) is 0. The Labute approximate surface area is 159 Å². The van der Waals surface area contributed by atoms with Crippen molar-refractivity contribution in [3.63, 3.8) is 0 Å². The second-order valence-corrected chi connectivity index (χ2v) is 7.40. The highest BCUT2D eigenvalue weighted by atomic mass is 35.5. The molecular weight excluding hydrogens is 344 g/mol. The van der Waals surface area contributed by atoms with E-state index in [9.17, 15) is 0 Å². The van der Waals surface area contributed by atoms with Gasteiger partial charge in [0.05, 0.1) is 12.3 Å². The average molecular weight is 367 g/mol. The van der Waals surface area contributed by atoms with Gasteiger partial charge in [-0.2, -0.15) is 0 Å². The van der Waals surface area contributed by atoms with Crippen molar-refractivity contribution in [2.45, 2.75) is 26.2 Å². The third-order valence-electron chi connectivity index (χ3n) is 5.16. The molecule has 3 nitrogen and oxygen atoms in total. The number of aryl methyl sites for hydroxylation is 1. The number of benzene rings is 2. The SMILES string of the molecule is CCc1ccc(C2=NC(c3ccc(CC4CCOC4)c(Cl)c3)=NC2)cc1. The van der Waals surface area contributed by atoms with E-state index in [1.54, 1.807) is 0 Å². The Kier molecular flexibility index (Phi) is 5.18. The van der Waals surface area contributed by atoms with Crippen LogP contribution in [0.1, 0.15) is 35.6 Å². The molecule has 2 aromatic rings. The summed E-state index contributed by atoms with van der Waals surface area (Å²) in [7, 11) is 0. The minimum atomic E-state index is 0.581. The van der Waals surface area contributed by atoms with Crippen LogP contribution in [0, 0.1) is 5.92 Å². The lowest BCUT2D eigenvalue weighted by Gasteiger charge is -2.10. The van der Waals surface area contributed by atoms with Crippen molar-refractivity contribution in [1.82, 2.24) is 0 Å². The van der Waals surface area contributed by atoms with Gasteiger partial charge in [0, 0.05) is 23.8 Å². The van der Waals surface area contributed by atoms with E-state index in [1.807, 2.05) is 6.07 Å². The van der Waals surface area contributed by atoms with Gasteiger partial charge in [-0.25, -0.2) is 4.99 Å². The molecule has 2 aliphatic rings. The molecule has 0 spiro atoms. The van der Waals surface area contributed by atoms with Crippen LogP contribution >= 0.6 is 11.6 Å². The van der Waals surface area contributed by atoms with Crippen LogP contribution in [0.5, 0.6) is 0 Å². The third kappa shape index (κ3) is 3.74. The standard InChI is InChI=1S/C22H23ClN2O/c1-2-15-3-5-17(6-4-15)21-13-24-22(25-21)19-8-7-18(20(23)12-19)11-16-9-10-26-14-16/h3-8,12,16H,2,9-11,13-14H2,1H3. The van der Waals surface area contributed by atoms with Crippen molar-refractivity contribution in [3.8, 4) is 0 Å². The highest BCUT2D eigenvalue weighted by molar-refractivity contribution is 6.32. The molecule has 4 rings (SSSR count). The molecule has 0 radical (unpaired) electrons. The molecule has 0 amide bonds. The van der Waals surface area contributed by atoms with Gasteiger partial charge in [-0.15, -0.1) is 0 Å². The van der Waals surface area contributed by atoms with Gasteiger partial charge in [0.1, 0.15) is 0 Å². The zero-order chi connectivity index (χ0) is 17.9. The summed E-state index contributed by atoms with van der Waals surface area (Å²) < 4.78 is 5.46.